The van der Waals surface area contributed by atoms with Gasteiger partial charge in [0.1, 0.15) is 0 Å². The molecule has 1 fully saturated rings. The lowest BCUT2D eigenvalue weighted by Crippen LogP contribution is -2.31. The van der Waals surface area contributed by atoms with Crippen LogP contribution < -0.4 is 0 Å². The molecule has 0 aromatic carbocycles. The van der Waals surface area contributed by atoms with E-state index < -0.39 is 0 Å². The van der Waals surface area contributed by atoms with Crippen molar-refractivity contribution in [3.05, 3.63) is 23.3 Å². The highest BCUT2D eigenvalue weighted by molar-refractivity contribution is 5.08. The van der Waals surface area contributed by atoms with Crippen LogP contribution in [0.1, 0.15) is 128 Å². The van der Waals surface area contributed by atoms with Crippen LogP contribution >= 0.6 is 0 Å². The van der Waals surface area contributed by atoms with Crippen LogP contribution in [0.5, 0.6) is 0 Å². The largest absolute Gasteiger partial charge is 0.299 e. The fraction of sp³-hybridized carbons (Fsp3) is 0.867. The van der Waals surface area contributed by atoms with Crippen molar-refractivity contribution in [1.29, 1.82) is 0 Å². The maximum absolute atomic E-state index is 2.74. The third kappa shape index (κ3) is 11.5. The van der Waals surface area contributed by atoms with Crippen molar-refractivity contribution in [2.45, 2.75) is 128 Å². The molecule has 2 atom stereocenters. The molecule has 184 valence electrons. The summed E-state index contributed by atoms with van der Waals surface area (Å²) in [6, 6.07) is 0. The molecule has 0 spiro atoms. The van der Waals surface area contributed by atoms with Crippen LogP contribution in [0.4, 0.5) is 0 Å². The number of nitrogens with zero attached hydrogens (tertiary/aromatic N) is 2. The Morgan fingerprint density at radius 1 is 0.375 bits per heavy atom. The molecule has 0 N–H and O–H groups in total. The second-order valence-electron chi connectivity index (χ2n) is 11.0. The smallest absolute Gasteiger partial charge is 0.0192 e. The Morgan fingerprint density at radius 3 is 1.12 bits per heavy atom. The Kier molecular flexibility index (Phi) is 13.8. The lowest BCUT2D eigenvalue weighted by molar-refractivity contribution is 0.277. The number of fused-ring (bicyclic) bond motifs is 4. The van der Waals surface area contributed by atoms with Gasteiger partial charge in [0, 0.05) is 26.2 Å². The zero-order valence-electron chi connectivity index (χ0n) is 21.4. The number of rotatable bonds is 0. The fourth-order valence-electron chi connectivity index (χ4n) is 6.00. The van der Waals surface area contributed by atoms with Crippen LogP contribution in [0.2, 0.25) is 0 Å². The van der Waals surface area contributed by atoms with E-state index in [1.807, 2.05) is 0 Å². The Bertz CT molecular complexity index is 535. The van der Waals surface area contributed by atoms with Gasteiger partial charge in [0.25, 0.3) is 0 Å². The van der Waals surface area contributed by atoms with Gasteiger partial charge >= 0.3 is 0 Å². The standard InChI is InChI=1S/C30H54N2/c1-2-5-9-13-19-29-21-17-26-32(27-29)24-16-12-8-4-6-10-14-20-30-22-18-25-31(28-30)23-15-11-7-3-1/h21-22H,1-20,23-28H2. The molecule has 3 heterocycles. The highest BCUT2D eigenvalue weighted by Crippen LogP contribution is 2.20. The van der Waals surface area contributed by atoms with E-state index in [4.69, 9.17) is 0 Å². The van der Waals surface area contributed by atoms with Gasteiger partial charge in [-0.25, -0.2) is 0 Å². The average Bonchev–Trinajstić information content (AvgIpc) is 2.81. The van der Waals surface area contributed by atoms with E-state index in [9.17, 15) is 0 Å². The van der Waals surface area contributed by atoms with Crippen molar-refractivity contribution in [2.75, 3.05) is 39.3 Å². The van der Waals surface area contributed by atoms with Crippen molar-refractivity contribution in [2.24, 2.45) is 0 Å². The molecule has 32 heavy (non-hydrogen) atoms. The van der Waals surface area contributed by atoms with E-state index >= 15 is 0 Å². The molecule has 2 nitrogen and oxygen atoms in total. The molecule has 2 heteroatoms. The maximum atomic E-state index is 2.74. The molecule has 0 aromatic heterocycles. The zero-order chi connectivity index (χ0) is 22.1. The predicted molar refractivity (Wildman–Crippen MR) is 141 cm³/mol. The van der Waals surface area contributed by atoms with Gasteiger partial charge < -0.3 is 0 Å². The monoisotopic (exact) mass is 442 g/mol. The highest BCUT2D eigenvalue weighted by Gasteiger charge is 2.13. The van der Waals surface area contributed by atoms with E-state index in [0.717, 1.165) is 0 Å². The van der Waals surface area contributed by atoms with Crippen LogP contribution in [0, 0.1) is 0 Å². The fourth-order valence-corrected chi connectivity index (χ4v) is 6.00. The quantitative estimate of drug-likeness (QED) is 0.348. The summed E-state index contributed by atoms with van der Waals surface area (Å²) in [5.74, 6) is 0. The topological polar surface area (TPSA) is 6.48 Å². The molecule has 0 saturated carbocycles. The second kappa shape index (κ2) is 16.9. The minimum absolute atomic E-state index is 1.27. The van der Waals surface area contributed by atoms with Gasteiger partial charge in [-0.2, -0.15) is 0 Å². The molecule has 0 aliphatic carbocycles. The number of hydrogen-bond acceptors (Lipinski definition) is 2. The molecule has 3 aliphatic rings. The summed E-state index contributed by atoms with van der Waals surface area (Å²) in [6.07, 6.45) is 33.6. The first-order valence-corrected chi connectivity index (χ1v) is 14.7. The molecule has 0 radical (unpaired) electrons. The van der Waals surface area contributed by atoms with E-state index in [0.29, 0.717) is 0 Å². The average molecular weight is 443 g/mol. The minimum atomic E-state index is 1.27. The van der Waals surface area contributed by atoms with Gasteiger partial charge in [0.05, 0.1) is 0 Å². The van der Waals surface area contributed by atoms with Gasteiger partial charge in [-0.15, -0.1) is 0 Å². The summed E-state index contributed by atoms with van der Waals surface area (Å²) in [4.78, 5) is 5.47. The van der Waals surface area contributed by atoms with Crippen molar-refractivity contribution >= 4 is 0 Å². The number of hydrogen-bond donors (Lipinski definition) is 0. The summed E-state index contributed by atoms with van der Waals surface area (Å²) in [6.45, 7) is 7.82. The molecule has 3 rings (SSSR count). The Labute approximate surface area is 200 Å². The van der Waals surface area contributed by atoms with Gasteiger partial charge in [-0.05, 0) is 64.5 Å². The van der Waals surface area contributed by atoms with Crippen LogP contribution in [0.3, 0.4) is 0 Å². The Hall–Kier alpha value is -0.600. The highest BCUT2D eigenvalue weighted by atomic mass is 15.1. The van der Waals surface area contributed by atoms with E-state index in [2.05, 4.69) is 22.0 Å². The third-order valence-corrected chi connectivity index (χ3v) is 8.05. The van der Waals surface area contributed by atoms with Crippen molar-refractivity contribution in [3.63, 3.8) is 0 Å². The lowest BCUT2D eigenvalue weighted by atomic mass is 10.00. The van der Waals surface area contributed by atoms with E-state index in [1.165, 1.54) is 168 Å². The molecule has 4 bridgehead atoms. The molecular formula is C30H54N2. The normalized spacial score (nSPS) is 29.5. The van der Waals surface area contributed by atoms with Crippen LogP contribution in [0.15, 0.2) is 23.3 Å². The first-order valence-electron chi connectivity index (χ1n) is 14.7. The first-order chi connectivity index (χ1) is 15.9. The molecular weight excluding hydrogens is 388 g/mol. The summed E-state index contributed by atoms with van der Waals surface area (Å²) in [5.41, 5.74) is 3.49. The predicted octanol–water partition coefficient (Wildman–Crippen LogP) is 8.29. The van der Waals surface area contributed by atoms with Gasteiger partial charge in [0.2, 0.25) is 0 Å². The van der Waals surface area contributed by atoms with E-state index in [1.54, 1.807) is 11.1 Å². The van der Waals surface area contributed by atoms with Gasteiger partial charge in [-0.1, -0.05) is 100 Å². The SMILES string of the molecule is C1=C2CCCCCCCCCN3CCC=C(CCCCCCCCCCCN(CC1)C2)C3. The van der Waals surface area contributed by atoms with Gasteiger partial charge in [0.15, 0.2) is 0 Å². The molecule has 0 amide bonds. The maximum Gasteiger partial charge on any atom is 0.0192 e. The zero-order valence-corrected chi connectivity index (χ0v) is 21.4. The van der Waals surface area contributed by atoms with Crippen LogP contribution in [-0.4, -0.2) is 49.1 Å². The van der Waals surface area contributed by atoms with Crippen LogP contribution in [-0.2, 0) is 0 Å². The minimum Gasteiger partial charge on any atom is -0.299 e. The summed E-state index contributed by atoms with van der Waals surface area (Å²) in [5, 5.41) is 0. The third-order valence-electron chi connectivity index (χ3n) is 8.05. The summed E-state index contributed by atoms with van der Waals surface area (Å²) >= 11 is 0. The first kappa shape index (κ1) is 26.0. The summed E-state index contributed by atoms with van der Waals surface area (Å²) in [7, 11) is 0. The molecule has 3 aliphatic heterocycles. The molecule has 2 unspecified atom stereocenters. The van der Waals surface area contributed by atoms with Crippen LogP contribution in [0.25, 0.3) is 0 Å². The summed E-state index contributed by atoms with van der Waals surface area (Å²) < 4.78 is 0. The molecule has 0 aromatic rings. The molecule has 1 saturated heterocycles. The van der Waals surface area contributed by atoms with Crippen molar-refractivity contribution in [3.8, 4) is 0 Å². The Morgan fingerprint density at radius 2 is 0.719 bits per heavy atom. The second-order valence-corrected chi connectivity index (χ2v) is 11.0. The lowest BCUT2D eigenvalue weighted by Gasteiger charge is -2.27. The Balaban J connectivity index is 1.34. The van der Waals surface area contributed by atoms with E-state index in [-0.39, 0.29) is 0 Å². The van der Waals surface area contributed by atoms with Crippen molar-refractivity contribution < 1.29 is 0 Å². The van der Waals surface area contributed by atoms with Crippen molar-refractivity contribution in [1.82, 2.24) is 9.80 Å². The van der Waals surface area contributed by atoms with Gasteiger partial charge in [-0.3, -0.25) is 9.80 Å².